The van der Waals surface area contributed by atoms with Crippen LogP contribution in [0.3, 0.4) is 0 Å². The maximum Gasteiger partial charge on any atom is 0.261 e. The van der Waals surface area contributed by atoms with Crippen molar-refractivity contribution in [1.29, 1.82) is 0 Å². The number of aromatic nitrogens is 3. The molecule has 156 valence electrons. The second-order valence-electron chi connectivity index (χ2n) is 6.75. The van der Waals surface area contributed by atoms with Crippen molar-refractivity contribution in [2.75, 3.05) is 11.9 Å². The Morgan fingerprint density at radius 2 is 1.65 bits per heavy atom. The Bertz CT molecular complexity index is 1200. The molecule has 31 heavy (non-hydrogen) atoms. The van der Waals surface area contributed by atoms with E-state index in [1.165, 1.54) is 18.3 Å². The minimum atomic E-state index is -0.358. The van der Waals surface area contributed by atoms with Crippen LogP contribution in [-0.4, -0.2) is 32.7 Å². The van der Waals surface area contributed by atoms with Gasteiger partial charge in [-0.15, -0.1) is 0 Å². The number of anilines is 1. The monoisotopic (exact) mass is 417 g/mol. The van der Waals surface area contributed by atoms with Gasteiger partial charge in [-0.05, 0) is 67.6 Å². The highest BCUT2D eigenvalue weighted by atomic mass is 19.1. The molecule has 0 radical (unpaired) electrons. The van der Waals surface area contributed by atoms with E-state index in [-0.39, 0.29) is 17.6 Å². The van der Waals surface area contributed by atoms with Crippen LogP contribution >= 0.6 is 0 Å². The summed E-state index contributed by atoms with van der Waals surface area (Å²) in [7, 11) is 0. The lowest BCUT2D eigenvalue weighted by molar-refractivity contribution is 0.0955. The van der Waals surface area contributed by atoms with Crippen LogP contribution < -0.4 is 10.6 Å². The van der Waals surface area contributed by atoms with E-state index in [9.17, 15) is 14.0 Å². The van der Waals surface area contributed by atoms with Crippen molar-refractivity contribution in [2.24, 2.45) is 0 Å². The topological polar surface area (TPSA) is 81.0 Å². The summed E-state index contributed by atoms with van der Waals surface area (Å²) >= 11 is 0. The summed E-state index contributed by atoms with van der Waals surface area (Å²) in [6, 6.07) is 16.2. The van der Waals surface area contributed by atoms with E-state index < -0.39 is 0 Å². The molecule has 0 atom stereocenters. The zero-order chi connectivity index (χ0) is 21.8. The number of nitrogens with zero attached hydrogens (tertiary/aromatic N) is 3. The SMILES string of the molecule is CCNC(=O)c1ccc(NC(=O)c2cnn(-c3ccc(F)cc3)c2-n2cccc2)cc1. The lowest BCUT2D eigenvalue weighted by Crippen LogP contribution is -2.22. The van der Waals surface area contributed by atoms with Crippen LogP contribution in [0.5, 0.6) is 0 Å². The molecule has 0 unspecified atom stereocenters. The van der Waals surface area contributed by atoms with Crippen molar-refractivity contribution in [3.63, 3.8) is 0 Å². The van der Waals surface area contributed by atoms with Gasteiger partial charge in [0, 0.05) is 30.2 Å². The van der Waals surface area contributed by atoms with E-state index in [4.69, 9.17) is 0 Å². The summed E-state index contributed by atoms with van der Waals surface area (Å²) in [5.74, 6) is -0.362. The van der Waals surface area contributed by atoms with Gasteiger partial charge in [0.1, 0.15) is 11.4 Å². The fourth-order valence-electron chi connectivity index (χ4n) is 3.16. The van der Waals surface area contributed by atoms with E-state index in [0.29, 0.717) is 34.9 Å². The second-order valence-corrected chi connectivity index (χ2v) is 6.75. The van der Waals surface area contributed by atoms with Crippen LogP contribution in [0.25, 0.3) is 11.5 Å². The van der Waals surface area contributed by atoms with Crippen LogP contribution in [0.1, 0.15) is 27.6 Å². The predicted molar refractivity (Wildman–Crippen MR) is 115 cm³/mol. The standard InChI is InChI=1S/C23H20FN5O2/c1-2-25-21(30)16-5-9-18(10-6-16)27-22(31)20-15-26-29(19-11-7-17(24)8-12-19)23(20)28-13-3-4-14-28/h3-15H,2H2,1H3,(H,25,30)(H,27,31). The van der Waals surface area contributed by atoms with E-state index in [2.05, 4.69) is 15.7 Å². The number of halogens is 1. The molecule has 0 bridgehead atoms. The molecule has 0 saturated carbocycles. The quantitative estimate of drug-likeness (QED) is 0.501. The smallest absolute Gasteiger partial charge is 0.261 e. The highest BCUT2D eigenvalue weighted by Gasteiger charge is 2.20. The number of amides is 2. The molecule has 0 fully saturated rings. The van der Waals surface area contributed by atoms with Crippen molar-refractivity contribution >= 4 is 17.5 Å². The van der Waals surface area contributed by atoms with E-state index >= 15 is 0 Å². The van der Waals surface area contributed by atoms with Gasteiger partial charge in [-0.25, -0.2) is 9.07 Å². The minimum Gasteiger partial charge on any atom is -0.352 e. The highest BCUT2D eigenvalue weighted by molar-refractivity contribution is 6.06. The molecule has 8 heteroatoms. The van der Waals surface area contributed by atoms with Gasteiger partial charge in [-0.2, -0.15) is 5.10 Å². The van der Waals surface area contributed by atoms with Gasteiger partial charge in [0.25, 0.3) is 11.8 Å². The van der Waals surface area contributed by atoms with Gasteiger partial charge in [0.15, 0.2) is 5.82 Å². The third-order valence-corrected chi connectivity index (χ3v) is 4.65. The second kappa shape index (κ2) is 8.66. The zero-order valence-corrected chi connectivity index (χ0v) is 16.7. The molecule has 7 nitrogen and oxygen atoms in total. The van der Waals surface area contributed by atoms with E-state index in [0.717, 1.165) is 0 Å². The molecule has 0 aliphatic rings. The van der Waals surface area contributed by atoms with Gasteiger partial charge in [0.2, 0.25) is 0 Å². The molecule has 2 aromatic heterocycles. The van der Waals surface area contributed by atoms with Crippen molar-refractivity contribution in [2.45, 2.75) is 6.92 Å². The molecule has 0 aliphatic heterocycles. The largest absolute Gasteiger partial charge is 0.352 e. The van der Waals surface area contributed by atoms with Gasteiger partial charge >= 0.3 is 0 Å². The van der Waals surface area contributed by atoms with Gasteiger partial charge in [-0.3, -0.25) is 9.59 Å². The van der Waals surface area contributed by atoms with E-state index in [1.54, 1.807) is 58.0 Å². The molecule has 4 aromatic rings. The van der Waals surface area contributed by atoms with Crippen LogP contribution in [-0.2, 0) is 0 Å². The molecule has 0 spiro atoms. The Balaban J connectivity index is 1.64. The third kappa shape index (κ3) is 4.23. The lowest BCUT2D eigenvalue weighted by Gasteiger charge is -2.11. The molecule has 4 rings (SSSR count). The summed E-state index contributed by atoms with van der Waals surface area (Å²) < 4.78 is 16.7. The maximum absolute atomic E-state index is 13.3. The molecule has 0 saturated heterocycles. The average molecular weight is 417 g/mol. The summed E-state index contributed by atoms with van der Waals surface area (Å²) in [6.45, 7) is 2.39. The Kier molecular flexibility index (Phi) is 5.61. The minimum absolute atomic E-state index is 0.171. The first-order valence-corrected chi connectivity index (χ1v) is 9.73. The molecule has 0 aliphatic carbocycles. The van der Waals surface area contributed by atoms with Crippen LogP contribution in [0, 0.1) is 5.82 Å². The maximum atomic E-state index is 13.3. The number of carbonyl (C=O) groups is 2. The molecular weight excluding hydrogens is 397 g/mol. The number of carbonyl (C=O) groups excluding carboxylic acids is 2. The summed E-state index contributed by atoms with van der Waals surface area (Å²) in [5, 5.41) is 9.92. The van der Waals surface area contributed by atoms with Gasteiger partial charge in [0.05, 0.1) is 11.9 Å². The number of hydrogen-bond acceptors (Lipinski definition) is 3. The Morgan fingerprint density at radius 3 is 2.29 bits per heavy atom. The first-order valence-electron chi connectivity index (χ1n) is 9.73. The Labute approximate surface area is 178 Å². The highest BCUT2D eigenvalue weighted by Crippen LogP contribution is 2.21. The Hall–Kier alpha value is -4.20. The van der Waals surface area contributed by atoms with Crippen molar-refractivity contribution < 1.29 is 14.0 Å². The number of hydrogen-bond donors (Lipinski definition) is 2. The molecule has 2 heterocycles. The normalized spacial score (nSPS) is 10.6. The number of benzene rings is 2. The summed E-state index contributed by atoms with van der Waals surface area (Å²) in [6.07, 6.45) is 5.07. The number of nitrogens with one attached hydrogen (secondary N) is 2. The number of rotatable bonds is 6. The summed E-state index contributed by atoms with van der Waals surface area (Å²) in [4.78, 5) is 24.9. The summed E-state index contributed by atoms with van der Waals surface area (Å²) in [5.41, 5.74) is 2.02. The van der Waals surface area contributed by atoms with Crippen molar-refractivity contribution in [3.8, 4) is 11.5 Å². The van der Waals surface area contributed by atoms with Crippen LogP contribution in [0.15, 0.2) is 79.3 Å². The van der Waals surface area contributed by atoms with Crippen molar-refractivity contribution in [1.82, 2.24) is 19.7 Å². The molecule has 2 N–H and O–H groups in total. The van der Waals surface area contributed by atoms with Crippen molar-refractivity contribution in [3.05, 3.63) is 96.2 Å². The molecule has 2 aromatic carbocycles. The Morgan fingerprint density at radius 1 is 0.968 bits per heavy atom. The first kappa shape index (κ1) is 20.1. The average Bonchev–Trinajstić information content (AvgIpc) is 3.45. The lowest BCUT2D eigenvalue weighted by atomic mass is 10.2. The van der Waals surface area contributed by atoms with Gasteiger partial charge in [-0.1, -0.05) is 0 Å². The molecular formula is C23H20FN5O2. The fraction of sp³-hybridized carbons (Fsp3) is 0.0870. The fourth-order valence-corrected chi connectivity index (χ4v) is 3.16. The zero-order valence-electron chi connectivity index (χ0n) is 16.7. The molecule has 2 amide bonds. The first-order chi connectivity index (χ1) is 15.1. The predicted octanol–water partition coefficient (Wildman–Crippen LogP) is 3.80. The third-order valence-electron chi connectivity index (χ3n) is 4.65. The van der Waals surface area contributed by atoms with Gasteiger partial charge < -0.3 is 15.2 Å². The van der Waals surface area contributed by atoms with E-state index in [1.807, 2.05) is 19.1 Å². The van der Waals surface area contributed by atoms with Crippen LogP contribution in [0.2, 0.25) is 0 Å². The van der Waals surface area contributed by atoms with Crippen LogP contribution in [0.4, 0.5) is 10.1 Å².